The Kier molecular flexibility index (Phi) is 4.58. The monoisotopic (exact) mass is 229 g/mol. The highest BCUT2D eigenvalue weighted by Gasteiger charge is 2.02. The van der Waals surface area contributed by atoms with Gasteiger partial charge in [-0.15, -0.1) is 0 Å². The van der Waals surface area contributed by atoms with Crippen molar-refractivity contribution in [2.24, 2.45) is 0 Å². The van der Waals surface area contributed by atoms with Crippen molar-refractivity contribution in [1.29, 1.82) is 0 Å². The minimum atomic E-state index is -2.40. The van der Waals surface area contributed by atoms with Crippen LogP contribution in [0.2, 0.25) is 0 Å². The molecule has 84 valence electrons. The number of rotatable bonds is 5. The molecule has 0 amide bonds. The van der Waals surface area contributed by atoms with Gasteiger partial charge >= 0.3 is 0 Å². The van der Waals surface area contributed by atoms with Gasteiger partial charge in [-0.3, -0.25) is 5.32 Å². The fourth-order valence-corrected chi connectivity index (χ4v) is 1.32. The zero-order valence-electron chi connectivity index (χ0n) is 8.77. The summed E-state index contributed by atoms with van der Waals surface area (Å²) in [6.45, 7) is 2.16. The third kappa shape index (κ3) is 3.89. The number of methoxy groups -OCH3 is 1. The Bertz CT molecular complexity index is 365. The van der Waals surface area contributed by atoms with Crippen molar-refractivity contribution >= 4 is 10.7 Å². The first-order valence-electron chi connectivity index (χ1n) is 4.63. The molecule has 0 aliphatic rings. The van der Waals surface area contributed by atoms with Crippen LogP contribution in [0.25, 0.3) is 0 Å². The average Bonchev–Trinajstić information content (AvgIpc) is 2.26. The highest BCUT2D eigenvalue weighted by atomic mass is 32.2. The van der Waals surface area contributed by atoms with E-state index in [2.05, 4.69) is 5.32 Å². The fraction of sp³-hybridized carbons (Fsp3) is 0.400. The summed E-state index contributed by atoms with van der Waals surface area (Å²) in [6, 6.07) is 7.49. The summed E-state index contributed by atoms with van der Waals surface area (Å²) in [5, 5.41) is 2.40. The van der Waals surface area contributed by atoms with Crippen LogP contribution >= 0.6 is 0 Å². The number of benzene rings is 1. The van der Waals surface area contributed by atoms with E-state index in [0.717, 1.165) is 11.3 Å². The Morgan fingerprint density at radius 3 is 2.40 bits per heavy atom. The van der Waals surface area contributed by atoms with Crippen LogP contribution in [0.1, 0.15) is 12.5 Å². The molecule has 1 aromatic rings. The van der Waals surface area contributed by atoms with Crippen molar-refractivity contribution in [3.63, 3.8) is 0 Å². The molecule has 0 aliphatic carbocycles. The summed E-state index contributed by atoms with van der Waals surface area (Å²) >= 11 is 0. The molecule has 0 heterocycles. The zero-order chi connectivity index (χ0) is 11.3. The van der Waals surface area contributed by atoms with Gasteiger partial charge in [-0.1, -0.05) is 12.1 Å². The lowest BCUT2D eigenvalue weighted by atomic mass is 10.2. The molecule has 5 heteroatoms. The Morgan fingerprint density at radius 2 is 1.93 bits per heavy atom. The molecule has 0 saturated heterocycles. The van der Waals surface area contributed by atoms with E-state index >= 15 is 0 Å². The molecular formula is C10H15NO3S. The van der Waals surface area contributed by atoms with Gasteiger partial charge < -0.3 is 4.74 Å². The van der Waals surface area contributed by atoms with Crippen molar-refractivity contribution in [3.05, 3.63) is 29.8 Å². The van der Waals surface area contributed by atoms with Crippen LogP contribution in [0, 0.1) is 0 Å². The van der Waals surface area contributed by atoms with Crippen LogP contribution in [0.3, 0.4) is 0 Å². The molecular weight excluding hydrogens is 214 g/mol. The predicted octanol–water partition coefficient (Wildman–Crippen LogP) is 0.742. The zero-order valence-corrected chi connectivity index (χ0v) is 9.66. The first-order chi connectivity index (χ1) is 7.13. The van der Waals surface area contributed by atoms with E-state index in [1.54, 1.807) is 14.0 Å². The molecule has 0 fully saturated rings. The number of ether oxygens (including phenoxy) is 1. The van der Waals surface area contributed by atoms with E-state index in [1.807, 2.05) is 24.3 Å². The van der Waals surface area contributed by atoms with Crippen molar-refractivity contribution < 1.29 is 13.2 Å². The van der Waals surface area contributed by atoms with Crippen LogP contribution in [0.15, 0.2) is 24.3 Å². The van der Waals surface area contributed by atoms with Gasteiger partial charge in [0.05, 0.1) is 7.11 Å². The van der Waals surface area contributed by atoms with Gasteiger partial charge in [0.15, 0.2) is 10.7 Å². The van der Waals surface area contributed by atoms with Gasteiger partial charge in [0.2, 0.25) is 0 Å². The highest BCUT2D eigenvalue weighted by Crippen LogP contribution is 2.10. The van der Waals surface area contributed by atoms with Gasteiger partial charge in [0.1, 0.15) is 11.1 Å². The third-order valence-electron chi connectivity index (χ3n) is 2.08. The van der Waals surface area contributed by atoms with Gasteiger partial charge in [-0.25, -0.2) is 8.42 Å². The van der Waals surface area contributed by atoms with Crippen molar-refractivity contribution in [1.82, 2.24) is 5.32 Å². The molecule has 0 spiro atoms. The number of hydrogen-bond acceptors (Lipinski definition) is 4. The van der Waals surface area contributed by atoms with E-state index in [4.69, 9.17) is 4.74 Å². The van der Waals surface area contributed by atoms with Gasteiger partial charge in [0, 0.05) is 6.54 Å². The molecule has 0 saturated carbocycles. The third-order valence-corrected chi connectivity index (χ3v) is 2.89. The quantitative estimate of drug-likeness (QED) is 0.731. The first kappa shape index (κ1) is 12.0. The first-order valence-corrected chi connectivity index (χ1v) is 5.88. The topological polar surface area (TPSA) is 55.4 Å². The molecule has 0 aliphatic heterocycles. The van der Waals surface area contributed by atoms with Crippen LogP contribution in [-0.2, 0) is 17.2 Å². The van der Waals surface area contributed by atoms with Crippen LogP contribution < -0.4 is 10.1 Å². The van der Waals surface area contributed by atoms with E-state index in [1.165, 1.54) is 0 Å². The summed E-state index contributed by atoms with van der Waals surface area (Å²) in [6.07, 6.45) is 0. The Labute approximate surface area is 91.2 Å². The molecule has 15 heavy (non-hydrogen) atoms. The van der Waals surface area contributed by atoms with Gasteiger partial charge in [-0.2, -0.15) is 0 Å². The highest BCUT2D eigenvalue weighted by molar-refractivity contribution is 7.73. The standard InChI is InChI=1S/C10H15NO3S/c1-8(15(12)13)11-7-9-3-5-10(14-2)6-4-9/h3-6,8,11,15H,7H2,1-2H3. The number of thiol groups is 1. The molecule has 0 radical (unpaired) electrons. The van der Waals surface area contributed by atoms with Crippen LogP contribution in [-0.4, -0.2) is 20.9 Å². The molecule has 1 N–H and O–H groups in total. The molecule has 0 aromatic heterocycles. The normalized spacial score (nSPS) is 12.7. The Balaban J connectivity index is 2.51. The average molecular weight is 229 g/mol. The summed E-state index contributed by atoms with van der Waals surface area (Å²) in [5.41, 5.74) is 1.03. The summed E-state index contributed by atoms with van der Waals surface area (Å²) in [4.78, 5) is 0. The van der Waals surface area contributed by atoms with Gasteiger partial charge in [0.25, 0.3) is 0 Å². The molecule has 1 unspecified atom stereocenters. The van der Waals surface area contributed by atoms with Crippen molar-refractivity contribution in [2.45, 2.75) is 18.8 Å². The molecule has 4 nitrogen and oxygen atoms in total. The minimum absolute atomic E-state index is 0.498. The maximum atomic E-state index is 10.6. The minimum Gasteiger partial charge on any atom is -0.497 e. The molecule has 1 rings (SSSR count). The summed E-state index contributed by atoms with van der Waals surface area (Å²) < 4.78 is 26.2. The fourth-order valence-electron chi connectivity index (χ4n) is 1.08. The number of hydrogen-bond donors (Lipinski definition) is 2. The lowest BCUT2D eigenvalue weighted by Crippen LogP contribution is -2.26. The van der Waals surface area contributed by atoms with E-state index in [9.17, 15) is 8.42 Å². The van der Waals surface area contributed by atoms with E-state index in [0.29, 0.717) is 6.54 Å². The number of nitrogens with one attached hydrogen (secondary N) is 1. The Hall–Kier alpha value is -1.07. The van der Waals surface area contributed by atoms with Gasteiger partial charge in [-0.05, 0) is 24.6 Å². The SMILES string of the molecule is COc1ccc(CNC(C)[SH](=O)=O)cc1. The largest absolute Gasteiger partial charge is 0.497 e. The maximum Gasteiger partial charge on any atom is 0.155 e. The second-order valence-corrected chi connectivity index (χ2v) is 4.54. The van der Waals surface area contributed by atoms with Crippen LogP contribution in [0.5, 0.6) is 5.75 Å². The van der Waals surface area contributed by atoms with E-state index < -0.39 is 16.1 Å². The second kappa shape index (κ2) is 5.72. The molecule has 0 bridgehead atoms. The maximum absolute atomic E-state index is 10.6. The lowest BCUT2D eigenvalue weighted by Gasteiger charge is -2.07. The lowest BCUT2D eigenvalue weighted by molar-refractivity contribution is 0.414. The smallest absolute Gasteiger partial charge is 0.155 e. The van der Waals surface area contributed by atoms with E-state index in [-0.39, 0.29) is 0 Å². The second-order valence-electron chi connectivity index (χ2n) is 3.19. The van der Waals surface area contributed by atoms with Crippen molar-refractivity contribution in [2.75, 3.05) is 7.11 Å². The van der Waals surface area contributed by atoms with Crippen molar-refractivity contribution in [3.8, 4) is 5.75 Å². The summed E-state index contributed by atoms with van der Waals surface area (Å²) in [5.74, 6) is 0.793. The van der Waals surface area contributed by atoms with Crippen LogP contribution in [0.4, 0.5) is 0 Å². The molecule has 1 aromatic carbocycles. The summed E-state index contributed by atoms with van der Waals surface area (Å²) in [7, 11) is -0.795. The Morgan fingerprint density at radius 1 is 1.33 bits per heavy atom. The predicted molar refractivity (Wildman–Crippen MR) is 59.6 cm³/mol. The molecule has 1 atom stereocenters.